The molecule has 0 spiro atoms. The van der Waals surface area contributed by atoms with Gasteiger partial charge in [0.15, 0.2) is 6.61 Å². The standard InChI is InChI=1S/C29H27N3O5S/c1-2-36-29(35)25-22-13-12-21(18-6-4-3-5-7-18)16-23(22)38-27(25)32-24(33)17-37-28(34)20-10-8-19(9-11-20)26-30-14-15-31-26/h3-11,14-15,21H,2,12-13,16-17H2,1H3,(H,30,31)(H,32,33). The number of benzene rings is 2. The topological polar surface area (TPSA) is 110 Å². The number of nitrogens with zero attached hydrogens (tertiary/aromatic N) is 1. The minimum Gasteiger partial charge on any atom is -0.462 e. The van der Waals surface area contributed by atoms with Gasteiger partial charge in [-0.05, 0) is 55.4 Å². The van der Waals surface area contributed by atoms with E-state index >= 15 is 0 Å². The molecule has 0 bridgehead atoms. The van der Waals surface area contributed by atoms with Gasteiger partial charge < -0.3 is 19.8 Å². The molecule has 2 N–H and O–H groups in total. The summed E-state index contributed by atoms with van der Waals surface area (Å²) in [5.41, 5.74) is 3.75. The van der Waals surface area contributed by atoms with Gasteiger partial charge in [-0.25, -0.2) is 14.6 Å². The summed E-state index contributed by atoms with van der Waals surface area (Å²) in [5, 5.41) is 3.22. The van der Waals surface area contributed by atoms with Crippen molar-refractivity contribution < 1.29 is 23.9 Å². The zero-order valence-corrected chi connectivity index (χ0v) is 21.7. The van der Waals surface area contributed by atoms with E-state index in [0.717, 1.165) is 35.3 Å². The van der Waals surface area contributed by atoms with E-state index in [0.29, 0.717) is 27.9 Å². The van der Waals surface area contributed by atoms with Gasteiger partial charge in [-0.15, -0.1) is 11.3 Å². The first kappa shape index (κ1) is 25.4. The van der Waals surface area contributed by atoms with Gasteiger partial charge in [0.1, 0.15) is 10.8 Å². The Morgan fingerprint density at radius 2 is 1.84 bits per heavy atom. The molecule has 2 aromatic carbocycles. The molecule has 0 aliphatic heterocycles. The number of aromatic nitrogens is 2. The Balaban J connectivity index is 1.26. The van der Waals surface area contributed by atoms with E-state index in [4.69, 9.17) is 9.47 Å². The number of imidazole rings is 1. The average Bonchev–Trinajstić information content (AvgIpc) is 3.60. The van der Waals surface area contributed by atoms with E-state index in [-0.39, 0.29) is 6.61 Å². The third-order valence-electron chi connectivity index (χ3n) is 6.50. The van der Waals surface area contributed by atoms with Crippen LogP contribution in [0.15, 0.2) is 67.0 Å². The molecule has 1 atom stereocenters. The van der Waals surface area contributed by atoms with E-state index < -0.39 is 24.5 Å². The number of H-pyrrole nitrogens is 1. The van der Waals surface area contributed by atoms with Crippen LogP contribution in [-0.4, -0.2) is 41.0 Å². The fraction of sp³-hybridized carbons (Fsp3) is 0.241. The molecule has 1 amide bonds. The van der Waals surface area contributed by atoms with E-state index in [1.165, 1.54) is 16.9 Å². The lowest BCUT2D eigenvalue weighted by atomic mass is 9.83. The van der Waals surface area contributed by atoms with Crippen LogP contribution in [0.4, 0.5) is 5.00 Å². The maximum Gasteiger partial charge on any atom is 0.341 e. The molecular formula is C29H27N3O5S. The second-order valence-electron chi connectivity index (χ2n) is 8.92. The molecule has 1 aliphatic carbocycles. The lowest BCUT2D eigenvalue weighted by molar-refractivity contribution is -0.119. The first-order valence-corrected chi connectivity index (χ1v) is 13.3. The quantitative estimate of drug-likeness (QED) is 0.297. The summed E-state index contributed by atoms with van der Waals surface area (Å²) < 4.78 is 10.5. The fourth-order valence-corrected chi connectivity index (χ4v) is 6.00. The van der Waals surface area contributed by atoms with E-state index in [1.54, 1.807) is 43.6 Å². The summed E-state index contributed by atoms with van der Waals surface area (Å²) in [6.07, 6.45) is 5.78. The SMILES string of the molecule is CCOC(=O)c1c(NC(=O)COC(=O)c2ccc(-c3ncc[nH]3)cc2)sc2c1CCC(c1ccccc1)C2. The number of rotatable bonds is 8. The van der Waals surface area contributed by atoms with Crippen LogP contribution >= 0.6 is 11.3 Å². The Bertz CT molecular complexity index is 1430. The third kappa shape index (κ3) is 5.52. The van der Waals surface area contributed by atoms with E-state index in [2.05, 4.69) is 27.4 Å². The lowest BCUT2D eigenvalue weighted by Crippen LogP contribution is -2.22. The molecule has 8 nitrogen and oxygen atoms in total. The summed E-state index contributed by atoms with van der Waals surface area (Å²) in [6, 6.07) is 17.0. The van der Waals surface area contributed by atoms with Crippen molar-refractivity contribution in [3.05, 3.63) is 94.1 Å². The number of amides is 1. The summed E-state index contributed by atoms with van der Waals surface area (Å²) in [5.74, 6) is -0.550. The largest absolute Gasteiger partial charge is 0.462 e. The molecule has 0 saturated carbocycles. The number of hydrogen-bond donors (Lipinski definition) is 2. The van der Waals surface area contributed by atoms with E-state index in [9.17, 15) is 14.4 Å². The Kier molecular flexibility index (Phi) is 7.65. The highest BCUT2D eigenvalue weighted by Gasteiger charge is 2.31. The van der Waals surface area contributed by atoms with Crippen molar-refractivity contribution in [3.8, 4) is 11.4 Å². The number of thiophene rings is 1. The fourth-order valence-electron chi connectivity index (χ4n) is 4.67. The first-order chi connectivity index (χ1) is 18.5. The number of ether oxygens (including phenoxy) is 2. The Morgan fingerprint density at radius 1 is 1.05 bits per heavy atom. The molecule has 9 heteroatoms. The van der Waals surface area contributed by atoms with Gasteiger partial charge in [0, 0.05) is 22.8 Å². The second kappa shape index (κ2) is 11.4. The number of carbonyl (C=O) groups is 3. The van der Waals surface area contributed by atoms with Crippen LogP contribution in [0.25, 0.3) is 11.4 Å². The molecule has 5 rings (SSSR count). The van der Waals surface area contributed by atoms with Crippen molar-refractivity contribution in [2.24, 2.45) is 0 Å². The predicted octanol–water partition coefficient (Wildman–Crippen LogP) is 5.38. The molecule has 38 heavy (non-hydrogen) atoms. The third-order valence-corrected chi connectivity index (χ3v) is 7.67. The number of nitrogens with one attached hydrogen (secondary N) is 2. The molecule has 194 valence electrons. The van der Waals surface area contributed by atoms with Gasteiger partial charge in [-0.2, -0.15) is 0 Å². The predicted molar refractivity (Wildman–Crippen MR) is 144 cm³/mol. The Labute approximate surface area is 224 Å². The number of esters is 2. The molecule has 0 radical (unpaired) electrons. The van der Waals surface area contributed by atoms with Gasteiger partial charge in [0.2, 0.25) is 0 Å². The first-order valence-electron chi connectivity index (χ1n) is 12.5. The monoisotopic (exact) mass is 529 g/mol. The maximum atomic E-state index is 12.8. The van der Waals surface area contributed by atoms with Crippen LogP contribution in [0, 0.1) is 0 Å². The minimum absolute atomic E-state index is 0.236. The highest BCUT2D eigenvalue weighted by Crippen LogP contribution is 2.42. The molecule has 1 unspecified atom stereocenters. The number of hydrogen-bond acceptors (Lipinski definition) is 7. The van der Waals surface area contributed by atoms with Crippen molar-refractivity contribution in [2.75, 3.05) is 18.5 Å². The zero-order valence-electron chi connectivity index (χ0n) is 20.9. The van der Waals surface area contributed by atoms with Crippen LogP contribution in [0.1, 0.15) is 56.0 Å². The van der Waals surface area contributed by atoms with Gasteiger partial charge >= 0.3 is 11.9 Å². The normalized spacial score (nSPS) is 14.4. The van der Waals surface area contributed by atoms with Gasteiger partial charge in [0.25, 0.3) is 5.91 Å². The smallest absolute Gasteiger partial charge is 0.341 e. The Hall–Kier alpha value is -4.24. The highest BCUT2D eigenvalue weighted by molar-refractivity contribution is 7.17. The van der Waals surface area contributed by atoms with Gasteiger partial charge in [0.05, 0.1) is 17.7 Å². The summed E-state index contributed by atoms with van der Waals surface area (Å²) >= 11 is 1.39. The number of anilines is 1. The van der Waals surface area contributed by atoms with Gasteiger partial charge in [-0.3, -0.25) is 4.79 Å². The highest BCUT2D eigenvalue weighted by atomic mass is 32.1. The minimum atomic E-state index is -0.618. The molecule has 2 heterocycles. The van der Waals surface area contributed by atoms with Crippen LogP contribution in [0.2, 0.25) is 0 Å². The number of fused-ring (bicyclic) bond motifs is 1. The van der Waals surface area contributed by atoms with Crippen molar-refractivity contribution in [3.63, 3.8) is 0 Å². The summed E-state index contributed by atoms with van der Waals surface area (Å²) in [6.45, 7) is 1.51. The van der Waals surface area contributed by atoms with Crippen molar-refractivity contribution in [1.29, 1.82) is 0 Å². The molecule has 1 aliphatic rings. The van der Waals surface area contributed by atoms with Crippen LogP contribution < -0.4 is 5.32 Å². The Morgan fingerprint density at radius 3 is 2.55 bits per heavy atom. The number of aromatic amines is 1. The van der Waals surface area contributed by atoms with Crippen molar-refractivity contribution in [2.45, 2.75) is 32.1 Å². The van der Waals surface area contributed by atoms with Crippen molar-refractivity contribution >= 4 is 34.2 Å². The average molecular weight is 530 g/mol. The second-order valence-corrected chi connectivity index (χ2v) is 10.0. The maximum absolute atomic E-state index is 12.8. The molecule has 0 fully saturated rings. The number of carbonyl (C=O) groups excluding carboxylic acids is 3. The lowest BCUT2D eigenvalue weighted by Gasteiger charge is -2.23. The van der Waals surface area contributed by atoms with Gasteiger partial charge in [-0.1, -0.05) is 42.5 Å². The molecule has 2 aromatic heterocycles. The summed E-state index contributed by atoms with van der Waals surface area (Å²) in [7, 11) is 0. The molecule has 0 saturated heterocycles. The molecule has 4 aromatic rings. The van der Waals surface area contributed by atoms with Crippen LogP contribution in [0.3, 0.4) is 0 Å². The van der Waals surface area contributed by atoms with E-state index in [1.807, 2.05) is 18.2 Å². The molecular weight excluding hydrogens is 502 g/mol. The van der Waals surface area contributed by atoms with Crippen molar-refractivity contribution in [1.82, 2.24) is 9.97 Å². The van der Waals surface area contributed by atoms with Crippen LogP contribution in [0.5, 0.6) is 0 Å². The van der Waals surface area contributed by atoms with Crippen LogP contribution in [-0.2, 0) is 27.1 Å². The zero-order chi connectivity index (χ0) is 26.5. The summed E-state index contributed by atoms with van der Waals surface area (Å²) in [4.78, 5) is 46.3.